The molecule has 0 saturated carbocycles. The van der Waals surface area contributed by atoms with Gasteiger partial charge in [-0.2, -0.15) is 35.7 Å². The van der Waals surface area contributed by atoms with Crippen LogP contribution in [-0.4, -0.2) is 89.4 Å². The summed E-state index contributed by atoms with van der Waals surface area (Å²) in [6.07, 6.45) is 29.2. The number of nitrogens with zero attached hydrogens (tertiary/aromatic N) is 17. The molecule has 0 bridgehead atoms. The molecule has 11 aromatic rings. The molecule has 2 aliphatic rings. The first-order chi connectivity index (χ1) is 64.1. The number of dihydropyridines is 1. The Morgan fingerprint density at radius 3 is 0.978 bits per heavy atom. The van der Waals surface area contributed by atoms with Crippen LogP contribution in [0.4, 0.5) is 0 Å². The lowest BCUT2D eigenvalue weighted by molar-refractivity contribution is 0.689. The van der Waals surface area contributed by atoms with Gasteiger partial charge in [0.1, 0.15) is 0 Å². The van der Waals surface area contributed by atoms with Gasteiger partial charge in [0.15, 0.2) is 0 Å². The first-order valence-electron chi connectivity index (χ1n) is 47.2. The highest BCUT2D eigenvalue weighted by Gasteiger charge is 2.10. The predicted octanol–water partition coefficient (Wildman–Crippen LogP) is 21.3. The van der Waals surface area contributed by atoms with Crippen LogP contribution in [0.25, 0.3) is 0 Å². The van der Waals surface area contributed by atoms with Crippen LogP contribution in [0.1, 0.15) is 336 Å². The molecule has 0 fully saturated rings. The number of rotatable bonds is 14. The summed E-state index contributed by atoms with van der Waals surface area (Å²) in [5.74, 6) is 6.14. The molecule has 0 unspecified atom stereocenters. The number of pyridine rings is 5. The maximum absolute atomic E-state index is 11.3. The lowest BCUT2D eigenvalue weighted by atomic mass is 10.0. The maximum atomic E-state index is 11.3. The summed E-state index contributed by atoms with van der Waals surface area (Å²) in [6, 6.07) is 29.9. The number of hydrogen-bond acceptors (Lipinski definition) is 20. The van der Waals surface area contributed by atoms with Crippen molar-refractivity contribution in [3.8, 4) is 0 Å². The zero-order chi connectivity index (χ0) is 104. The van der Waals surface area contributed by atoms with Crippen molar-refractivity contribution in [3.63, 3.8) is 0 Å². The van der Waals surface area contributed by atoms with E-state index in [4.69, 9.17) is 0 Å². The van der Waals surface area contributed by atoms with E-state index >= 15 is 0 Å². The summed E-state index contributed by atoms with van der Waals surface area (Å²) in [4.78, 5) is 96.2. The van der Waals surface area contributed by atoms with Crippen molar-refractivity contribution >= 4 is 6.21 Å². The summed E-state index contributed by atoms with van der Waals surface area (Å²) in [7, 11) is 8.50. The number of hydrazone groups is 1. The molecule has 13 rings (SSSR count). The molecular formula is C110H162N20O7. The Bertz CT molecular complexity index is 5430. The van der Waals surface area contributed by atoms with Crippen LogP contribution < -0.4 is 49.7 Å². The van der Waals surface area contributed by atoms with Crippen LogP contribution in [0.5, 0.6) is 0 Å². The largest absolute Gasteiger partial charge is 0.362 e. The van der Waals surface area contributed by atoms with Crippen molar-refractivity contribution < 1.29 is 0 Å². The molecule has 2 aliphatic heterocycles. The van der Waals surface area contributed by atoms with E-state index in [0.717, 1.165) is 79.9 Å². The van der Waals surface area contributed by atoms with Gasteiger partial charge in [0.2, 0.25) is 0 Å². The predicted molar refractivity (Wildman–Crippen MR) is 568 cm³/mol. The Labute approximate surface area is 816 Å². The van der Waals surface area contributed by atoms with Crippen molar-refractivity contribution in [2.24, 2.45) is 52.2 Å². The Balaban J connectivity index is 0.000000742. The van der Waals surface area contributed by atoms with Gasteiger partial charge in [-0.05, 0) is 246 Å². The molecule has 0 atom stereocenters. The topological polar surface area (TPSA) is 330 Å². The highest BCUT2D eigenvalue weighted by atomic mass is 16.2. The van der Waals surface area contributed by atoms with Crippen molar-refractivity contribution in [3.05, 3.63) is 382 Å². The molecule has 137 heavy (non-hydrogen) atoms. The summed E-state index contributed by atoms with van der Waals surface area (Å²) < 4.78 is 8.97. The van der Waals surface area contributed by atoms with Gasteiger partial charge < -0.3 is 28.6 Å². The minimum atomic E-state index is -0.0845. The Kier molecular flexibility index (Phi) is 56.8. The van der Waals surface area contributed by atoms with E-state index in [2.05, 4.69) is 258 Å². The fourth-order valence-electron chi connectivity index (χ4n) is 11.2. The van der Waals surface area contributed by atoms with Gasteiger partial charge in [-0.3, -0.25) is 49.0 Å². The van der Waals surface area contributed by atoms with E-state index in [9.17, 15) is 33.6 Å². The monoisotopic (exact) mass is 1880 g/mol. The second kappa shape index (κ2) is 63.9. The van der Waals surface area contributed by atoms with Crippen LogP contribution in [0.2, 0.25) is 0 Å². The van der Waals surface area contributed by atoms with Crippen LogP contribution in [0, 0.1) is 39.5 Å². The van der Waals surface area contributed by atoms with Gasteiger partial charge in [0.05, 0.1) is 66.4 Å². The molecule has 0 aliphatic carbocycles. The number of hydrogen-bond donors (Lipinski definition) is 3. The average molecular weight is 1880 g/mol. The second-order valence-corrected chi connectivity index (χ2v) is 37.4. The summed E-state index contributed by atoms with van der Waals surface area (Å²) >= 11 is 0. The molecule has 0 amide bonds. The van der Waals surface area contributed by atoms with Crippen molar-refractivity contribution in [1.82, 2.24) is 93.9 Å². The van der Waals surface area contributed by atoms with E-state index in [1.807, 2.05) is 158 Å². The molecule has 27 heteroatoms. The third-order valence-corrected chi connectivity index (χ3v) is 20.9. The number of allylic oxidation sites excluding steroid dienone is 5. The van der Waals surface area contributed by atoms with Gasteiger partial charge in [-0.25, -0.2) is 19.3 Å². The third-order valence-electron chi connectivity index (χ3n) is 20.9. The molecule has 3 N–H and O–H groups in total. The molecule has 0 saturated heterocycles. The molecule has 744 valence electrons. The zero-order valence-electron chi connectivity index (χ0n) is 89.1. The van der Waals surface area contributed by atoms with Crippen molar-refractivity contribution in [2.75, 3.05) is 0 Å². The van der Waals surface area contributed by atoms with E-state index < -0.39 is 0 Å². The van der Waals surface area contributed by atoms with Gasteiger partial charge in [-0.15, -0.1) is 0 Å². The summed E-state index contributed by atoms with van der Waals surface area (Å²) in [5.41, 5.74) is 23.7. The molecule has 13 heterocycles. The lowest BCUT2D eigenvalue weighted by Gasteiger charge is -2.12. The Morgan fingerprint density at radius 2 is 0.693 bits per heavy atom. The quantitative estimate of drug-likeness (QED) is 0.0910. The number of aryl methyl sites for hydroxylation is 10. The number of nitrogens with one attached hydrogen (secondary N) is 3. The van der Waals surface area contributed by atoms with Crippen LogP contribution in [-0.2, 0) is 41.8 Å². The Morgan fingerprint density at radius 1 is 0.343 bits per heavy atom. The van der Waals surface area contributed by atoms with Gasteiger partial charge in [0.25, 0.3) is 38.9 Å². The molecule has 0 aromatic carbocycles. The van der Waals surface area contributed by atoms with Crippen LogP contribution in [0.15, 0.2) is 264 Å². The first-order valence-corrected chi connectivity index (χ1v) is 47.2. The van der Waals surface area contributed by atoms with E-state index in [1.54, 1.807) is 116 Å². The lowest BCUT2D eigenvalue weighted by Crippen LogP contribution is -2.19. The van der Waals surface area contributed by atoms with Gasteiger partial charge in [0, 0.05) is 144 Å². The van der Waals surface area contributed by atoms with Crippen molar-refractivity contribution in [1.29, 1.82) is 0 Å². The SMILES string of the molecule is C=C1C=C(C(C)C)C=CN1.C=C1C=C(C(C)C)C=NN1.CC(C)c1cc(=O)[nH]cn1.CC(C)c1cc(=O)n(C)cn1.CC(C)c1ccn(C)c(=O)c1.CC(C)c1ccn(C)c(=O)c1.CC(C)c1cnn(C)c(=O)c1.CC(C)c1cnn(C)c(=O)c1.CCn1ccc(C(C)C)cc1=O.Cc1cc(C(C)C)ccn1.Cc1cc(C(C)C)ccn1.Cc1cc(C(C)C)cnn1.Cc1cc(C(C)C)cnn1. The number of H-pyrrole nitrogens is 1. The molecular weight excluding hydrogens is 1710 g/mol. The first kappa shape index (κ1) is 122. The van der Waals surface area contributed by atoms with Crippen LogP contribution in [0.3, 0.4) is 0 Å². The van der Waals surface area contributed by atoms with Gasteiger partial charge in [-0.1, -0.05) is 193 Å². The number of aromatic nitrogens is 17. The summed E-state index contributed by atoms with van der Waals surface area (Å²) in [5, 5.41) is 30.2. The van der Waals surface area contributed by atoms with E-state index in [0.29, 0.717) is 76.9 Å². The fourth-order valence-corrected chi connectivity index (χ4v) is 11.2. The standard InChI is InChI=1S/C10H15NO.2C9H13NO.3C9H13N.3C8H12N2O.3C8H12N2.C7H10N2O/c1-4-11-6-5-9(8(2)3)7-10(11)12;2*1-7(2)8-4-5-10(3)9(11)6-8;3*1-7(2)9-4-5-10-8(3)6-9;1-6(2)7-4-8(11)10(3)5-9-7;2*1-6(2)7-4-8(11)10(3)9-5-7;3*1-6(2)8-4-7(3)10-9-5-8;1-5(2)6-3-7(10)9-4-8-6/h5-8H,4H2,1-3H3;2*4-7H,1-3H3;2*4-7H,1-3H3;4-7,10H,3H2,1-2H3;3*4-6H,1-3H3;2*4-6H,1-3H3;4-6,10H,3H2,1-2H3;3-5H,1-2H3,(H,8,9,10). The fraction of sp³-hybridized carbons (Fsp3) is 0.455. The second-order valence-electron chi connectivity index (χ2n) is 37.4. The highest BCUT2D eigenvalue weighted by molar-refractivity contribution is 5.80. The molecule has 11 aromatic heterocycles. The molecule has 0 radical (unpaired) electrons. The zero-order valence-corrected chi connectivity index (χ0v) is 89.1. The Hall–Kier alpha value is -13.2. The number of aromatic amines is 1. The normalized spacial score (nSPS) is 11.5. The smallest absolute Gasteiger partial charge is 0.266 e. The van der Waals surface area contributed by atoms with E-state index in [1.165, 1.54) is 59.7 Å². The third kappa shape index (κ3) is 50.3. The average Bonchev–Trinajstić information content (AvgIpc) is 0.864. The minimum absolute atomic E-state index is 0.00343. The summed E-state index contributed by atoms with van der Waals surface area (Å²) in [6.45, 7) is 72.9. The highest BCUT2D eigenvalue weighted by Crippen LogP contribution is 2.20. The van der Waals surface area contributed by atoms with Gasteiger partial charge >= 0.3 is 0 Å². The van der Waals surface area contributed by atoms with E-state index in [-0.39, 0.29) is 38.9 Å². The van der Waals surface area contributed by atoms with Crippen molar-refractivity contribution in [2.45, 2.75) is 286 Å². The molecule has 27 nitrogen and oxygen atoms in total. The minimum Gasteiger partial charge on any atom is -0.362 e. The van der Waals surface area contributed by atoms with Crippen LogP contribution >= 0.6 is 0 Å². The maximum Gasteiger partial charge on any atom is 0.266 e. The molecule has 0 spiro atoms.